The number of nitrogens with one attached hydrogen (secondary N) is 1. The Bertz CT molecular complexity index is 572. The highest BCUT2D eigenvalue weighted by molar-refractivity contribution is 6.00. The summed E-state index contributed by atoms with van der Waals surface area (Å²) in [7, 11) is 1.51. The van der Waals surface area contributed by atoms with Crippen molar-refractivity contribution >= 4 is 11.8 Å². The lowest BCUT2D eigenvalue weighted by molar-refractivity contribution is -0.148. The van der Waals surface area contributed by atoms with Crippen LogP contribution in [0.4, 0.5) is 0 Å². The van der Waals surface area contributed by atoms with Gasteiger partial charge in [-0.3, -0.25) is 19.8 Å². The third-order valence-corrected chi connectivity index (χ3v) is 3.83. The largest absolute Gasteiger partial charge is 0.508 e. The Labute approximate surface area is 116 Å². The number of likely N-dealkylation sites (N-methyl/N-ethyl adjacent to an activating group) is 1. The molecule has 2 N–H and O–H groups in total. The zero-order valence-electron chi connectivity index (χ0n) is 11.1. The summed E-state index contributed by atoms with van der Waals surface area (Å²) in [6, 6.07) is 4.49. The van der Waals surface area contributed by atoms with Gasteiger partial charge in [0.25, 0.3) is 0 Å². The molecule has 2 heterocycles. The first-order chi connectivity index (χ1) is 9.56. The molecule has 6 nitrogen and oxygen atoms in total. The highest BCUT2D eigenvalue weighted by atomic mass is 16.5. The number of carbonyl (C=O) groups is 2. The molecule has 1 saturated heterocycles. The summed E-state index contributed by atoms with van der Waals surface area (Å²) in [5.41, 5.74) is 0.926. The van der Waals surface area contributed by atoms with E-state index >= 15 is 0 Å². The smallest absolute Gasteiger partial charge is 0.246 e. The van der Waals surface area contributed by atoms with Crippen molar-refractivity contribution in [1.82, 2.24) is 10.2 Å². The molecule has 3 rings (SSSR count). The minimum atomic E-state index is -0.369. The van der Waals surface area contributed by atoms with Crippen LogP contribution in [0.15, 0.2) is 18.2 Å². The fraction of sp³-hybridized carbons (Fsp3) is 0.429. The molecule has 1 aromatic rings. The molecule has 0 spiro atoms. The molecule has 6 heteroatoms. The van der Waals surface area contributed by atoms with Crippen molar-refractivity contribution in [3.8, 4) is 11.5 Å². The van der Waals surface area contributed by atoms with E-state index in [-0.39, 0.29) is 29.6 Å². The second-order valence-corrected chi connectivity index (χ2v) is 5.13. The molecule has 1 aromatic carbocycles. The van der Waals surface area contributed by atoms with Crippen LogP contribution >= 0.6 is 0 Å². The maximum Gasteiger partial charge on any atom is 0.246 e. The number of fused-ring (bicyclic) bond motifs is 1. The van der Waals surface area contributed by atoms with Gasteiger partial charge in [0, 0.05) is 25.1 Å². The Morgan fingerprint density at radius 2 is 2.15 bits per heavy atom. The molecule has 2 aliphatic rings. The lowest BCUT2D eigenvalue weighted by Crippen LogP contribution is -2.52. The van der Waals surface area contributed by atoms with Crippen LogP contribution in [-0.4, -0.2) is 41.5 Å². The summed E-state index contributed by atoms with van der Waals surface area (Å²) in [6.45, 7) is 0.417. The van der Waals surface area contributed by atoms with Crippen LogP contribution in [0.5, 0.6) is 11.5 Å². The standard InChI is InChI=1S/C14H16N2O4/c1-16-13(18)5-4-10(14(16)19)15-11-7-20-12-6-8(17)2-3-9(11)12/h2-3,6,10-11,15,17H,4-5,7H2,1H3. The van der Waals surface area contributed by atoms with E-state index in [0.717, 1.165) is 5.56 Å². The number of carbonyl (C=O) groups excluding carboxylic acids is 2. The molecule has 2 amide bonds. The first kappa shape index (κ1) is 12.9. The molecule has 0 aromatic heterocycles. The molecule has 2 unspecified atom stereocenters. The third kappa shape index (κ3) is 2.12. The predicted molar refractivity (Wildman–Crippen MR) is 70.3 cm³/mol. The zero-order chi connectivity index (χ0) is 14.3. The Balaban J connectivity index is 1.74. The fourth-order valence-electron chi connectivity index (χ4n) is 2.65. The summed E-state index contributed by atoms with van der Waals surface area (Å²) >= 11 is 0. The van der Waals surface area contributed by atoms with Crippen LogP contribution in [-0.2, 0) is 9.59 Å². The molecule has 0 bridgehead atoms. The molecule has 0 radical (unpaired) electrons. The average Bonchev–Trinajstić information content (AvgIpc) is 2.82. The summed E-state index contributed by atoms with van der Waals surface area (Å²) in [5.74, 6) is 0.452. The van der Waals surface area contributed by atoms with Gasteiger partial charge in [0.1, 0.15) is 18.1 Å². The number of rotatable bonds is 2. The number of amides is 2. The van der Waals surface area contributed by atoms with Crippen molar-refractivity contribution in [1.29, 1.82) is 0 Å². The number of phenols is 1. The van der Waals surface area contributed by atoms with Gasteiger partial charge in [0.2, 0.25) is 11.8 Å². The number of phenolic OH excluding ortho intramolecular Hbond substituents is 1. The maximum absolute atomic E-state index is 12.1. The molecular formula is C14H16N2O4. The van der Waals surface area contributed by atoms with Crippen LogP contribution in [0.3, 0.4) is 0 Å². The minimum absolute atomic E-state index is 0.0962. The Morgan fingerprint density at radius 3 is 2.95 bits per heavy atom. The van der Waals surface area contributed by atoms with Crippen molar-refractivity contribution in [2.45, 2.75) is 24.9 Å². The number of aromatic hydroxyl groups is 1. The van der Waals surface area contributed by atoms with E-state index in [1.54, 1.807) is 18.2 Å². The summed E-state index contributed by atoms with van der Waals surface area (Å²) in [6.07, 6.45) is 0.877. The fourth-order valence-corrected chi connectivity index (χ4v) is 2.65. The number of hydrogen-bond donors (Lipinski definition) is 2. The van der Waals surface area contributed by atoms with E-state index in [0.29, 0.717) is 25.2 Å². The van der Waals surface area contributed by atoms with Crippen molar-refractivity contribution in [3.63, 3.8) is 0 Å². The molecule has 20 heavy (non-hydrogen) atoms. The SMILES string of the molecule is CN1C(=O)CCC(NC2COc3cc(O)ccc32)C1=O. The van der Waals surface area contributed by atoms with Crippen molar-refractivity contribution in [3.05, 3.63) is 23.8 Å². The van der Waals surface area contributed by atoms with Gasteiger partial charge in [-0.05, 0) is 18.6 Å². The van der Waals surface area contributed by atoms with E-state index in [9.17, 15) is 14.7 Å². The van der Waals surface area contributed by atoms with Gasteiger partial charge in [0.05, 0.1) is 12.1 Å². The normalized spacial score (nSPS) is 25.6. The van der Waals surface area contributed by atoms with E-state index in [2.05, 4.69) is 5.32 Å². The Kier molecular flexibility index (Phi) is 3.10. The van der Waals surface area contributed by atoms with Gasteiger partial charge in [-0.15, -0.1) is 0 Å². The maximum atomic E-state index is 12.1. The number of likely N-dealkylation sites (tertiary alicyclic amines) is 1. The van der Waals surface area contributed by atoms with E-state index in [1.165, 1.54) is 11.9 Å². The molecule has 0 aliphatic carbocycles. The van der Waals surface area contributed by atoms with Crippen LogP contribution < -0.4 is 10.1 Å². The lowest BCUT2D eigenvalue weighted by Gasteiger charge is -2.30. The number of benzene rings is 1. The highest BCUT2D eigenvalue weighted by Gasteiger charge is 2.35. The summed E-state index contributed by atoms with van der Waals surface area (Å²) in [4.78, 5) is 24.7. The topological polar surface area (TPSA) is 78.9 Å². The molecule has 0 saturated carbocycles. The minimum Gasteiger partial charge on any atom is -0.508 e. The number of piperidine rings is 1. The van der Waals surface area contributed by atoms with Crippen LogP contribution in [0.1, 0.15) is 24.4 Å². The number of imide groups is 1. The number of hydrogen-bond acceptors (Lipinski definition) is 5. The van der Waals surface area contributed by atoms with Crippen LogP contribution in [0.2, 0.25) is 0 Å². The summed E-state index contributed by atoms with van der Waals surface area (Å²) < 4.78 is 5.50. The van der Waals surface area contributed by atoms with Crippen LogP contribution in [0.25, 0.3) is 0 Å². The van der Waals surface area contributed by atoms with Gasteiger partial charge < -0.3 is 9.84 Å². The first-order valence-corrected chi connectivity index (χ1v) is 6.58. The van der Waals surface area contributed by atoms with E-state index in [1.807, 2.05) is 0 Å². The third-order valence-electron chi connectivity index (χ3n) is 3.83. The molecule has 106 valence electrons. The first-order valence-electron chi connectivity index (χ1n) is 6.58. The highest BCUT2D eigenvalue weighted by Crippen LogP contribution is 2.35. The van der Waals surface area contributed by atoms with E-state index in [4.69, 9.17) is 4.74 Å². The van der Waals surface area contributed by atoms with Crippen molar-refractivity contribution in [2.75, 3.05) is 13.7 Å². The Hall–Kier alpha value is -2.08. The van der Waals surface area contributed by atoms with Crippen LogP contribution in [0, 0.1) is 0 Å². The molecule has 1 fully saturated rings. The molecule has 2 atom stereocenters. The van der Waals surface area contributed by atoms with Gasteiger partial charge >= 0.3 is 0 Å². The second kappa shape index (κ2) is 4.79. The lowest BCUT2D eigenvalue weighted by atomic mass is 10.0. The molecule has 2 aliphatic heterocycles. The summed E-state index contributed by atoms with van der Waals surface area (Å²) in [5, 5.41) is 12.7. The van der Waals surface area contributed by atoms with Gasteiger partial charge in [-0.1, -0.05) is 0 Å². The molecular weight excluding hydrogens is 260 g/mol. The zero-order valence-corrected chi connectivity index (χ0v) is 11.1. The number of ether oxygens (including phenoxy) is 1. The Morgan fingerprint density at radius 1 is 1.35 bits per heavy atom. The predicted octanol–water partition coefficient (Wildman–Crippen LogP) is 0.563. The van der Waals surface area contributed by atoms with Gasteiger partial charge in [-0.25, -0.2) is 0 Å². The van der Waals surface area contributed by atoms with Crippen molar-refractivity contribution in [2.24, 2.45) is 0 Å². The van der Waals surface area contributed by atoms with E-state index < -0.39 is 0 Å². The number of nitrogens with zero attached hydrogens (tertiary/aromatic N) is 1. The van der Waals surface area contributed by atoms with Gasteiger partial charge in [0.15, 0.2) is 0 Å². The quantitative estimate of drug-likeness (QED) is 0.772. The monoisotopic (exact) mass is 276 g/mol. The van der Waals surface area contributed by atoms with Crippen molar-refractivity contribution < 1.29 is 19.4 Å². The average molecular weight is 276 g/mol. The van der Waals surface area contributed by atoms with Gasteiger partial charge in [-0.2, -0.15) is 0 Å². The second-order valence-electron chi connectivity index (χ2n) is 5.13.